The number of hydrogen-bond donors (Lipinski definition) is 0. The number of aromatic nitrogens is 1. The molecule has 0 unspecified atom stereocenters. The molecule has 0 saturated heterocycles. The Morgan fingerprint density at radius 2 is 1.62 bits per heavy atom. The zero-order chi connectivity index (χ0) is 18.7. The smallest absolute Gasteiger partial charge is 0.259 e. The number of ether oxygens (including phenoxy) is 1. The summed E-state index contributed by atoms with van der Waals surface area (Å²) in [7, 11) is 1.48. The molecule has 0 amide bonds. The molecule has 134 valence electrons. The Balaban J connectivity index is 2.11. The van der Waals surface area contributed by atoms with E-state index < -0.39 is 17.2 Å². The van der Waals surface area contributed by atoms with Crippen LogP contribution in [0, 0.1) is 18.6 Å². The summed E-state index contributed by atoms with van der Waals surface area (Å²) >= 11 is 0. The van der Waals surface area contributed by atoms with Crippen LogP contribution >= 0.6 is 0 Å². The topological polar surface area (TPSA) is 31.2 Å². The summed E-state index contributed by atoms with van der Waals surface area (Å²) in [6, 6.07) is 14.7. The highest BCUT2D eigenvalue weighted by Gasteiger charge is 2.19. The number of para-hydroxylation sites is 1. The van der Waals surface area contributed by atoms with Crippen LogP contribution in [0.2, 0.25) is 0 Å². The predicted octanol–water partition coefficient (Wildman–Crippen LogP) is 4.22. The Hall–Kier alpha value is -2.95. The van der Waals surface area contributed by atoms with Gasteiger partial charge < -0.3 is 4.74 Å². The number of benzene rings is 2. The molecule has 2 aromatic carbocycles. The maximum atomic E-state index is 14.2. The minimum Gasteiger partial charge on any atom is -0.496 e. The molecule has 0 fully saturated rings. The molecule has 0 saturated carbocycles. The lowest BCUT2D eigenvalue weighted by Crippen LogP contribution is -2.24. The van der Waals surface area contributed by atoms with Crippen molar-refractivity contribution in [3.63, 3.8) is 0 Å². The van der Waals surface area contributed by atoms with E-state index in [1.165, 1.54) is 19.2 Å². The van der Waals surface area contributed by atoms with Crippen molar-refractivity contribution in [3.05, 3.63) is 93.4 Å². The summed E-state index contributed by atoms with van der Waals surface area (Å²) in [6.07, 6.45) is 1.30. The third-order valence-electron chi connectivity index (χ3n) is 4.43. The van der Waals surface area contributed by atoms with E-state index in [0.29, 0.717) is 17.9 Å². The minimum absolute atomic E-state index is 0.362. The highest BCUT2D eigenvalue weighted by Crippen LogP contribution is 2.26. The molecule has 0 bridgehead atoms. The summed E-state index contributed by atoms with van der Waals surface area (Å²) < 4.78 is 34.9. The van der Waals surface area contributed by atoms with Gasteiger partial charge in [0.2, 0.25) is 0 Å². The molecule has 0 aliphatic heterocycles. The van der Waals surface area contributed by atoms with Gasteiger partial charge in [-0.15, -0.1) is 0 Å². The monoisotopic (exact) mass is 355 g/mol. The third kappa shape index (κ3) is 3.38. The third-order valence-corrected chi connectivity index (χ3v) is 4.43. The lowest BCUT2D eigenvalue weighted by atomic mass is 10.0. The van der Waals surface area contributed by atoms with Crippen molar-refractivity contribution >= 4 is 0 Å². The molecule has 3 nitrogen and oxygen atoms in total. The van der Waals surface area contributed by atoms with Gasteiger partial charge in [0.1, 0.15) is 23.1 Å². The van der Waals surface area contributed by atoms with Gasteiger partial charge in [0, 0.05) is 17.3 Å². The maximum Gasteiger partial charge on any atom is 0.259 e. The first-order chi connectivity index (χ1) is 12.5. The fourth-order valence-corrected chi connectivity index (χ4v) is 3.12. The molecule has 0 aliphatic rings. The first kappa shape index (κ1) is 17.9. The summed E-state index contributed by atoms with van der Waals surface area (Å²) in [5.41, 5.74) is 1.45. The Bertz CT molecular complexity index is 961. The SMILES string of the molecule is COc1cc(=O)n(-c2c(F)cccc2F)c(C)c1CCc1ccccc1. The zero-order valence-electron chi connectivity index (χ0n) is 14.6. The average Bonchev–Trinajstić information content (AvgIpc) is 2.63. The fourth-order valence-electron chi connectivity index (χ4n) is 3.12. The Morgan fingerprint density at radius 1 is 0.962 bits per heavy atom. The van der Waals surface area contributed by atoms with Gasteiger partial charge in [-0.25, -0.2) is 8.78 Å². The molecule has 0 spiro atoms. The van der Waals surface area contributed by atoms with Crippen molar-refractivity contribution in [2.24, 2.45) is 0 Å². The molecule has 1 aromatic heterocycles. The fraction of sp³-hybridized carbons (Fsp3) is 0.190. The van der Waals surface area contributed by atoms with Crippen LogP contribution in [0.15, 0.2) is 59.4 Å². The highest BCUT2D eigenvalue weighted by molar-refractivity contribution is 5.44. The van der Waals surface area contributed by atoms with E-state index in [9.17, 15) is 13.6 Å². The van der Waals surface area contributed by atoms with Crippen molar-refractivity contribution in [1.29, 1.82) is 0 Å². The van der Waals surface area contributed by atoms with Crippen molar-refractivity contribution in [2.45, 2.75) is 19.8 Å². The summed E-state index contributed by atoms with van der Waals surface area (Å²) in [5, 5.41) is 0. The van der Waals surface area contributed by atoms with Crippen molar-refractivity contribution in [2.75, 3.05) is 7.11 Å². The second-order valence-corrected chi connectivity index (χ2v) is 6.01. The molecular formula is C21H19F2NO2. The van der Waals surface area contributed by atoms with E-state index >= 15 is 0 Å². The number of methoxy groups -OCH3 is 1. The second kappa shape index (κ2) is 7.52. The number of rotatable bonds is 5. The molecule has 0 N–H and O–H groups in total. The van der Waals surface area contributed by atoms with E-state index in [1.807, 2.05) is 30.3 Å². The van der Waals surface area contributed by atoms with Gasteiger partial charge in [-0.2, -0.15) is 0 Å². The molecule has 5 heteroatoms. The Kier molecular flexibility index (Phi) is 5.16. The Labute approximate surface area is 150 Å². The van der Waals surface area contributed by atoms with Crippen LogP contribution in [0.3, 0.4) is 0 Å². The number of aryl methyl sites for hydroxylation is 1. The standard InChI is InChI=1S/C21H19F2NO2/c1-14-16(12-11-15-7-4-3-5-8-15)19(26-2)13-20(25)24(14)21-17(22)9-6-10-18(21)23/h3-10,13H,11-12H2,1-2H3. The molecule has 0 aliphatic carbocycles. The number of hydrogen-bond acceptors (Lipinski definition) is 2. The number of pyridine rings is 1. The van der Waals surface area contributed by atoms with Crippen molar-refractivity contribution in [3.8, 4) is 11.4 Å². The number of nitrogens with zero attached hydrogens (tertiary/aromatic N) is 1. The lowest BCUT2D eigenvalue weighted by molar-refractivity contribution is 0.406. The van der Waals surface area contributed by atoms with E-state index in [0.717, 1.165) is 34.2 Å². The molecule has 1 heterocycles. The van der Waals surface area contributed by atoms with Crippen LogP contribution < -0.4 is 10.3 Å². The zero-order valence-corrected chi connectivity index (χ0v) is 14.6. The first-order valence-electron chi connectivity index (χ1n) is 8.30. The summed E-state index contributed by atoms with van der Waals surface area (Å²) in [4.78, 5) is 12.5. The van der Waals surface area contributed by atoms with Crippen molar-refractivity contribution < 1.29 is 13.5 Å². The van der Waals surface area contributed by atoms with Gasteiger partial charge in [-0.3, -0.25) is 9.36 Å². The maximum absolute atomic E-state index is 14.2. The lowest BCUT2D eigenvalue weighted by Gasteiger charge is -2.18. The summed E-state index contributed by atoms with van der Waals surface area (Å²) in [5.74, 6) is -1.14. The van der Waals surface area contributed by atoms with Gasteiger partial charge in [-0.05, 0) is 37.5 Å². The van der Waals surface area contributed by atoms with E-state index in [4.69, 9.17) is 4.74 Å². The van der Waals surface area contributed by atoms with Crippen LogP contribution in [0.1, 0.15) is 16.8 Å². The highest BCUT2D eigenvalue weighted by atomic mass is 19.1. The minimum atomic E-state index is -0.783. The van der Waals surface area contributed by atoms with E-state index in [1.54, 1.807) is 6.92 Å². The molecular weight excluding hydrogens is 336 g/mol. The van der Waals surface area contributed by atoms with Gasteiger partial charge in [0.05, 0.1) is 7.11 Å². The largest absolute Gasteiger partial charge is 0.496 e. The van der Waals surface area contributed by atoms with Gasteiger partial charge in [-0.1, -0.05) is 36.4 Å². The second-order valence-electron chi connectivity index (χ2n) is 6.01. The van der Waals surface area contributed by atoms with Crippen LogP contribution in [0.4, 0.5) is 8.78 Å². The molecule has 0 atom stereocenters. The van der Waals surface area contributed by atoms with Crippen molar-refractivity contribution in [1.82, 2.24) is 4.57 Å². The first-order valence-corrected chi connectivity index (χ1v) is 8.30. The van der Waals surface area contributed by atoms with E-state index in [2.05, 4.69) is 0 Å². The Morgan fingerprint density at radius 3 is 2.23 bits per heavy atom. The van der Waals surface area contributed by atoms with Gasteiger partial charge in [0.15, 0.2) is 0 Å². The van der Waals surface area contributed by atoms with E-state index in [-0.39, 0.29) is 5.69 Å². The molecule has 3 aromatic rings. The van der Waals surface area contributed by atoms with Crippen LogP contribution in [0.5, 0.6) is 5.75 Å². The summed E-state index contributed by atoms with van der Waals surface area (Å²) in [6.45, 7) is 1.68. The van der Waals surface area contributed by atoms with Crippen LogP contribution in [-0.2, 0) is 12.8 Å². The normalized spacial score (nSPS) is 10.8. The molecule has 0 radical (unpaired) electrons. The van der Waals surface area contributed by atoms with Crippen LogP contribution in [-0.4, -0.2) is 11.7 Å². The van der Waals surface area contributed by atoms with Gasteiger partial charge in [0.25, 0.3) is 5.56 Å². The molecule has 26 heavy (non-hydrogen) atoms. The number of halogens is 2. The average molecular weight is 355 g/mol. The molecule has 3 rings (SSSR count). The predicted molar refractivity (Wildman–Crippen MR) is 97.1 cm³/mol. The quantitative estimate of drug-likeness (QED) is 0.686. The van der Waals surface area contributed by atoms with Crippen LogP contribution in [0.25, 0.3) is 5.69 Å². The van der Waals surface area contributed by atoms with Gasteiger partial charge >= 0.3 is 0 Å².